The Morgan fingerprint density at radius 3 is 2.68 bits per heavy atom. The molecular weight excluding hydrogens is 242 g/mol. The molecule has 19 heavy (non-hydrogen) atoms. The molecule has 2 atom stereocenters. The molecule has 0 saturated heterocycles. The molecule has 6 nitrogen and oxygen atoms in total. The summed E-state index contributed by atoms with van der Waals surface area (Å²) >= 11 is 0. The van der Waals surface area contributed by atoms with E-state index in [0.717, 1.165) is 24.9 Å². The van der Waals surface area contributed by atoms with E-state index in [1.165, 1.54) is 0 Å². The molecule has 0 fully saturated rings. The molecule has 2 unspecified atom stereocenters. The molecule has 6 heteroatoms. The van der Waals surface area contributed by atoms with Gasteiger partial charge in [-0.3, -0.25) is 14.4 Å². The molecule has 108 valence electrons. The van der Waals surface area contributed by atoms with E-state index in [9.17, 15) is 4.79 Å². The Kier molecular flexibility index (Phi) is 5.98. The first kappa shape index (κ1) is 15.7. The van der Waals surface area contributed by atoms with E-state index in [0.29, 0.717) is 0 Å². The summed E-state index contributed by atoms with van der Waals surface area (Å²) in [5.41, 5.74) is 12.5. The summed E-state index contributed by atoms with van der Waals surface area (Å²) < 4.78 is 1.74. The van der Waals surface area contributed by atoms with Gasteiger partial charge in [0.25, 0.3) is 0 Å². The van der Waals surface area contributed by atoms with Crippen molar-refractivity contribution in [3.8, 4) is 0 Å². The first-order valence-electron chi connectivity index (χ1n) is 6.72. The van der Waals surface area contributed by atoms with Gasteiger partial charge >= 0.3 is 0 Å². The van der Waals surface area contributed by atoms with Gasteiger partial charge in [-0.25, -0.2) is 0 Å². The molecule has 1 aromatic rings. The normalized spacial score (nSPS) is 14.6. The van der Waals surface area contributed by atoms with Crippen molar-refractivity contribution in [2.75, 3.05) is 13.1 Å². The minimum atomic E-state index is -0.328. The van der Waals surface area contributed by atoms with Crippen molar-refractivity contribution in [3.63, 3.8) is 0 Å². The summed E-state index contributed by atoms with van der Waals surface area (Å²) in [4.78, 5) is 13.3. The first-order valence-corrected chi connectivity index (χ1v) is 6.72. The standard InChI is InChI=1S/C13H25N5O/c1-4-5-6-18(9-12(15)19)13(10(2)14)11-7-16-17(3)8-11/h7-8,10,13H,4-6,9,14H2,1-3H3,(H2,15,19). The lowest BCUT2D eigenvalue weighted by Gasteiger charge is -2.32. The Labute approximate surface area is 114 Å². The number of nitrogens with zero attached hydrogens (tertiary/aromatic N) is 3. The highest BCUT2D eigenvalue weighted by atomic mass is 16.1. The van der Waals surface area contributed by atoms with E-state index in [2.05, 4.69) is 12.0 Å². The van der Waals surface area contributed by atoms with E-state index >= 15 is 0 Å². The minimum Gasteiger partial charge on any atom is -0.369 e. The zero-order valence-corrected chi connectivity index (χ0v) is 12.0. The molecule has 1 heterocycles. The zero-order valence-electron chi connectivity index (χ0n) is 12.0. The van der Waals surface area contributed by atoms with Crippen molar-refractivity contribution >= 4 is 5.91 Å². The van der Waals surface area contributed by atoms with Gasteiger partial charge in [0.2, 0.25) is 5.91 Å². The van der Waals surface area contributed by atoms with E-state index in [1.807, 2.05) is 25.1 Å². The van der Waals surface area contributed by atoms with Gasteiger partial charge in [-0.15, -0.1) is 0 Å². The summed E-state index contributed by atoms with van der Waals surface area (Å²) in [6, 6.07) is -0.131. The van der Waals surface area contributed by atoms with Crippen LogP contribution in [0.15, 0.2) is 12.4 Å². The van der Waals surface area contributed by atoms with Gasteiger partial charge < -0.3 is 11.5 Å². The van der Waals surface area contributed by atoms with E-state index in [4.69, 9.17) is 11.5 Å². The molecular formula is C13H25N5O. The average Bonchev–Trinajstić information content (AvgIpc) is 2.71. The van der Waals surface area contributed by atoms with Gasteiger partial charge in [0.1, 0.15) is 0 Å². The second-order valence-corrected chi connectivity index (χ2v) is 5.04. The Hall–Kier alpha value is -1.40. The Morgan fingerprint density at radius 1 is 1.58 bits per heavy atom. The van der Waals surface area contributed by atoms with Crippen LogP contribution in [-0.2, 0) is 11.8 Å². The fraction of sp³-hybridized carbons (Fsp3) is 0.692. The number of carbonyl (C=O) groups excluding carboxylic acids is 1. The Bertz CT molecular complexity index is 401. The van der Waals surface area contributed by atoms with E-state index in [-0.39, 0.29) is 24.5 Å². The van der Waals surface area contributed by atoms with Crippen molar-refractivity contribution in [2.45, 2.75) is 38.8 Å². The number of unbranched alkanes of at least 4 members (excludes halogenated alkanes) is 1. The van der Waals surface area contributed by atoms with Crippen LogP contribution in [0.3, 0.4) is 0 Å². The number of primary amides is 1. The molecule has 0 saturated carbocycles. The highest BCUT2D eigenvalue weighted by Crippen LogP contribution is 2.23. The number of aromatic nitrogens is 2. The van der Waals surface area contributed by atoms with Gasteiger partial charge in [0.15, 0.2) is 0 Å². The van der Waals surface area contributed by atoms with Crippen molar-refractivity contribution in [3.05, 3.63) is 18.0 Å². The predicted molar refractivity (Wildman–Crippen MR) is 75.3 cm³/mol. The van der Waals surface area contributed by atoms with E-state index < -0.39 is 0 Å². The van der Waals surface area contributed by atoms with E-state index in [1.54, 1.807) is 10.9 Å². The second kappa shape index (κ2) is 7.25. The number of carbonyl (C=O) groups is 1. The molecule has 0 radical (unpaired) electrons. The van der Waals surface area contributed by atoms with Crippen LogP contribution in [0.4, 0.5) is 0 Å². The molecule has 0 aliphatic heterocycles. The van der Waals surface area contributed by atoms with Crippen molar-refractivity contribution in [1.82, 2.24) is 14.7 Å². The summed E-state index contributed by atoms with van der Waals surface area (Å²) in [5.74, 6) is -0.328. The lowest BCUT2D eigenvalue weighted by molar-refractivity contribution is -0.119. The number of hydrogen-bond donors (Lipinski definition) is 2. The van der Waals surface area contributed by atoms with Crippen LogP contribution >= 0.6 is 0 Å². The third-order valence-electron chi connectivity index (χ3n) is 3.12. The zero-order chi connectivity index (χ0) is 14.4. The van der Waals surface area contributed by atoms with Crippen LogP contribution in [-0.4, -0.2) is 39.7 Å². The third-order valence-corrected chi connectivity index (χ3v) is 3.12. The maximum absolute atomic E-state index is 11.3. The number of hydrogen-bond acceptors (Lipinski definition) is 4. The number of rotatable bonds is 8. The largest absolute Gasteiger partial charge is 0.369 e. The summed E-state index contributed by atoms with van der Waals surface area (Å²) in [7, 11) is 1.87. The second-order valence-electron chi connectivity index (χ2n) is 5.04. The van der Waals surface area contributed by atoms with Gasteiger partial charge in [-0.2, -0.15) is 5.10 Å². The SMILES string of the molecule is CCCCN(CC(N)=O)C(c1cnn(C)c1)C(C)N. The number of amides is 1. The van der Waals surface area contributed by atoms with Crippen molar-refractivity contribution in [2.24, 2.45) is 18.5 Å². The molecule has 0 spiro atoms. The van der Waals surface area contributed by atoms with Crippen molar-refractivity contribution in [1.29, 1.82) is 0 Å². The molecule has 1 aromatic heterocycles. The summed E-state index contributed by atoms with van der Waals surface area (Å²) in [5, 5.41) is 4.18. The Balaban J connectivity index is 2.93. The minimum absolute atomic E-state index is 0.0345. The van der Waals surface area contributed by atoms with Crippen LogP contribution in [0.25, 0.3) is 0 Å². The van der Waals surface area contributed by atoms with Crippen LogP contribution in [0.1, 0.15) is 38.3 Å². The van der Waals surface area contributed by atoms with Gasteiger partial charge in [-0.05, 0) is 19.9 Å². The molecule has 0 aliphatic carbocycles. The third kappa shape index (κ3) is 4.65. The maximum atomic E-state index is 11.3. The van der Waals surface area contributed by atoms with Crippen LogP contribution < -0.4 is 11.5 Å². The van der Waals surface area contributed by atoms with Crippen LogP contribution in [0.5, 0.6) is 0 Å². The van der Waals surface area contributed by atoms with Crippen LogP contribution in [0.2, 0.25) is 0 Å². The van der Waals surface area contributed by atoms with Crippen molar-refractivity contribution < 1.29 is 4.79 Å². The molecule has 4 N–H and O–H groups in total. The first-order chi connectivity index (χ1) is 8.95. The Morgan fingerprint density at radius 2 is 2.26 bits per heavy atom. The lowest BCUT2D eigenvalue weighted by atomic mass is 10.0. The maximum Gasteiger partial charge on any atom is 0.231 e. The molecule has 0 aliphatic rings. The molecule has 1 rings (SSSR count). The average molecular weight is 267 g/mol. The van der Waals surface area contributed by atoms with Gasteiger partial charge in [0.05, 0.1) is 18.8 Å². The number of nitrogens with two attached hydrogens (primary N) is 2. The monoisotopic (exact) mass is 267 g/mol. The quantitative estimate of drug-likeness (QED) is 0.713. The van der Waals surface area contributed by atoms with Gasteiger partial charge in [-0.1, -0.05) is 13.3 Å². The molecule has 0 aromatic carbocycles. The van der Waals surface area contributed by atoms with Gasteiger partial charge in [0, 0.05) is 24.8 Å². The summed E-state index contributed by atoms with van der Waals surface area (Å²) in [6.45, 7) is 5.09. The fourth-order valence-corrected chi connectivity index (χ4v) is 2.32. The lowest BCUT2D eigenvalue weighted by Crippen LogP contribution is -2.44. The smallest absolute Gasteiger partial charge is 0.231 e. The highest BCUT2D eigenvalue weighted by molar-refractivity contribution is 5.76. The molecule has 1 amide bonds. The number of aryl methyl sites for hydroxylation is 1. The van der Waals surface area contributed by atoms with Crippen LogP contribution in [0, 0.1) is 0 Å². The fourth-order valence-electron chi connectivity index (χ4n) is 2.32. The molecule has 0 bridgehead atoms. The summed E-state index contributed by atoms with van der Waals surface area (Å²) in [6.07, 6.45) is 5.81. The highest BCUT2D eigenvalue weighted by Gasteiger charge is 2.26. The topological polar surface area (TPSA) is 90.2 Å². The predicted octanol–water partition coefficient (Wildman–Crippen LogP) is 0.396.